The Kier molecular flexibility index (Phi) is 8.45. The first-order chi connectivity index (χ1) is 13.7. The summed E-state index contributed by atoms with van der Waals surface area (Å²) in [7, 11) is 0. The number of aliphatic carboxylic acids is 2. The number of carboxylic acids is 2. The minimum atomic E-state index is -4.26. The van der Waals surface area contributed by atoms with E-state index >= 15 is 0 Å². The van der Waals surface area contributed by atoms with Gasteiger partial charge in [-0.05, 0) is 24.5 Å². The number of carboxylic acid groups (broad SMARTS) is 2. The zero-order chi connectivity index (χ0) is 21.4. The molecule has 0 atom stereocenters. The lowest BCUT2D eigenvalue weighted by Crippen LogP contribution is -2.50. The average molecular weight is 416 g/mol. The molecule has 162 valence electrons. The van der Waals surface area contributed by atoms with Gasteiger partial charge < -0.3 is 10.2 Å². The normalized spacial score (nSPS) is 19.3. The molecule has 0 spiro atoms. The highest BCUT2D eigenvalue weighted by Crippen LogP contribution is 2.32. The summed E-state index contributed by atoms with van der Waals surface area (Å²) >= 11 is 0. The van der Waals surface area contributed by atoms with E-state index in [1.165, 1.54) is 44.2 Å². The average Bonchev–Trinajstić information content (AvgIpc) is 2.69. The maximum Gasteiger partial charge on any atom is 0.416 e. The summed E-state index contributed by atoms with van der Waals surface area (Å²) in [6.45, 7) is 4.09. The molecule has 0 aromatic heterocycles. The maximum atomic E-state index is 13.1. The number of hydrogen-bond donors (Lipinski definition) is 2. The number of halogens is 3. The summed E-state index contributed by atoms with van der Waals surface area (Å²) in [4.78, 5) is 22.9. The number of nitrogens with zero attached hydrogens (tertiary/aromatic N) is 2. The van der Waals surface area contributed by atoms with Crippen molar-refractivity contribution in [1.29, 1.82) is 0 Å². The summed E-state index contributed by atoms with van der Waals surface area (Å²) < 4.78 is 39.2. The van der Waals surface area contributed by atoms with Gasteiger partial charge in [-0.3, -0.25) is 9.80 Å². The van der Waals surface area contributed by atoms with Gasteiger partial charge in [-0.2, -0.15) is 13.2 Å². The largest absolute Gasteiger partial charge is 0.473 e. The van der Waals surface area contributed by atoms with Crippen molar-refractivity contribution < 1.29 is 33.0 Å². The molecule has 0 unspecified atom stereocenters. The second kappa shape index (κ2) is 10.6. The Morgan fingerprint density at radius 3 is 2.00 bits per heavy atom. The van der Waals surface area contributed by atoms with E-state index in [1.54, 1.807) is 12.1 Å². The fourth-order valence-electron chi connectivity index (χ4n) is 3.91. The number of piperazine rings is 1. The van der Waals surface area contributed by atoms with Crippen LogP contribution in [0.25, 0.3) is 0 Å². The van der Waals surface area contributed by atoms with Crippen LogP contribution in [0.5, 0.6) is 0 Å². The first-order valence-electron chi connectivity index (χ1n) is 9.76. The lowest BCUT2D eigenvalue weighted by molar-refractivity contribution is -0.159. The van der Waals surface area contributed by atoms with E-state index in [1.807, 2.05) is 0 Å². The SMILES string of the molecule is FC(F)(F)c1ccccc1CN1CCN(C2CCCCC2)CC1.O=C(O)C(=O)O. The van der Waals surface area contributed by atoms with E-state index in [2.05, 4.69) is 9.80 Å². The Labute approximate surface area is 167 Å². The van der Waals surface area contributed by atoms with Gasteiger partial charge >= 0.3 is 18.1 Å². The zero-order valence-electron chi connectivity index (χ0n) is 16.2. The number of hydrogen-bond acceptors (Lipinski definition) is 4. The molecule has 6 nitrogen and oxygen atoms in total. The van der Waals surface area contributed by atoms with Crippen LogP contribution in [0.4, 0.5) is 13.2 Å². The van der Waals surface area contributed by atoms with Gasteiger partial charge in [-0.15, -0.1) is 0 Å². The van der Waals surface area contributed by atoms with Crippen molar-refractivity contribution in [1.82, 2.24) is 9.80 Å². The van der Waals surface area contributed by atoms with Crippen molar-refractivity contribution in [3.05, 3.63) is 35.4 Å². The quantitative estimate of drug-likeness (QED) is 0.736. The lowest BCUT2D eigenvalue weighted by Gasteiger charge is -2.41. The van der Waals surface area contributed by atoms with E-state index in [0.717, 1.165) is 26.2 Å². The second-order valence-corrected chi connectivity index (χ2v) is 7.37. The molecular weight excluding hydrogens is 389 g/mol. The van der Waals surface area contributed by atoms with Crippen molar-refractivity contribution in [2.24, 2.45) is 0 Å². The van der Waals surface area contributed by atoms with Crippen LogP contribution in [-0.4, -0.2) is 64.2 Å². The van der Waals surface area contributed by atoms with Gasteiger partial charge in [-0.1, -0.05) is 37.5 Å². The van der Waals surface area contributed by atoms with Gasteiger partial charge in [0.05, 0.1) is 5.56 Å². The highest BCUT2D eigenvalue weighted by Gasteiger charge is 2.33. The third-order valence-electron chi connectivity index (χ3n) is 5.40. The van der Waals surface area contributed by atoms with Crippen LogP contribution < -0.4 is 0 Å². The number of benzene rings is 1. The van der Waals surface area contributed by atoms with Crippen LogP contribution in [-0.2, 0) is 22.3 Å². The van der Waals surface area contributed by atoms with Crippen LogP contribution in [0, 0.1) is 0 Å². The molecule has 3 rings (SSSR count). The summed E-state index contributed by atoms with van der Waals surface area (Å²) in [5, 5.41) is 14.8. The van der Waals surface area contributed by atoms with Crippen molar-refractivity contribution in [2.45, 2.75) is 50.9 Å². The Morgan fingerprint density at radius 2 is 1.48 bits per heavy atom. The van der Waals surface area contributed by atoms with E-state index in [9.17, 15) is 13.2 Å². The van der Waals surface area contributed by atoms with E-state index in [4.69, 9.17) is 19.8 Å². The molecule has 9 heteroatoms. The fraction of sp³-hybridized carbons (Fsp3) is 0.600. The van der Waals surface area contributed by atoms with Gasteiger partial charge in [0.1, 0.15) is 0 Å². The van der Waals surface area contributed by atoms with Gasteiger partial charge in [-0.25, -0.2) is 9.59 Å². The fourth-order valence-corrected chi connectivity index (χ4v) is 3.91. The van der Waals surface area contributed by atoms with Crippen molar-refractivity contribution in [3.8, 4) is 0 Å². The predicted octanol–water partition coefficient (Wildman–Crippen LogP) is 3.31. The summed E-state index contributed by atoms with van der Waals surface area (Å²) in [6, 6.07) is 6.66. The monoisotopic (exact) mass is 416 g/mol. The molecule has 0 amide bonds. The first kappa shape index (κ1) is 23.2. The molecule has 0 bridgehead atoms. The molecule has 1 saturated carbocycles. The van der Waals surface area contributed by atoms with Crippen molar-refractivity contribution in [3.63, 3.8) is 0 Å². The molecule has 29 heavy (non-hydrogen) atoms. The van der Waals surface area contributed by atoms with E-state index in [-0.39, 0.29) is 0 Å². The van der Waals surface area contributed by atoms with E-state index in [0.29, 0.717) is 18.2 Å². The predicted molar refractivity (Wildman–Crippen MR) is 100 cm³/mol. The Bertz CT molecular complexity index is 671. The summed E-state index contributed by atoms with van der Waals surface area (Å²) in [5.41, 5.74) is -0.0965. The van der Waals surface area contributed by atoms with Crippen LogP contribution in [0.2, 0.25) is 0 Å². The summed E-state index contributed by atoms with van der Waals surface area (Å²) in [5.74, 6) is -3.65. The van der Waals surface area contributed by atoms with Crippen LogP contribution >= 0.6 is 0 Å². The minimum absolute atomic E-state index is 0.395. The van der Waals surface area contributed by atoms with Gasteiger partial charge in [0.2, 0.25) is 0 Å². The number of carbonyl (C=O) groups is 2. The van der Waals surface area contributed by atoms with Crippen molar-refractivity contribution in [2.75, 3.05) is 26.2 Å². The third-order valence-corrected chi connectivity index (χ3v) is 5.40. The molecule has 1 heterocycles. The van der Waals surface area contributed by atoms with Gasteiger partial charge in [0, 0.05) is 38.8 Å². The maximum absolute atomic E-state index is 13.1. The molecular formula is C20H27F3N2O4. The molecule has 0 radical (unpaired) electrons. The van der Waals surface area contributed by atoms with Crippen LogP contribution in [0.1, 0.15) is 43.2 Å². The third kappa shape index (κ3) is 7.32. The minimum Gasteiger partial charge on any atom is -0.473 e. The van der Waals surface area contributed by atoms with E-state index < -0.39 is 23.7 Å². The van der Waals surface area contributed by atoms with Crippen LogP contribution in [0.15, 0.2) is 24.3 Å². The Morgan fingerprint density at radius 1 is 0.931 bits per heavy atom. The highest BCUT2D eigenvalue weighted by atomic mass is 19.4. The number of rotatable bonds is 3. The van der Waals surface area contributed by atoms with Crippen LogP contribution in [0.3, 0.4) is 0 Å². The highest BCUT2D eigenvalue weighted by molar-refractivity contribution is 6.27. The van der Waals surface area contributed by atoms with Gasteiger partial charge in [0.25, 0.3) is 0 Å². The number of alkyl halides is 3. The molecule has 2 aliphatic rings. The first-order valence-corrected chi connectivity index (χ1v) is 9.76. The Balaban J connectivity index is 0.000000438. The lowest BCUT2D eigenvalue weighted by atomic mass is 9.94. The molecule has 1 aliphatic carbocycles. The molecule has 1 aliphatic heterocycles. The second-order valence-electron chi connectivity index (χ2n) is 7.37. The topological polar surface area (TPSA) is 81.1 Å². The summed E-state index contributed by atoms with van der Waals surface area (Å²) in [6.07, 6.45) is 2.31. The molecule has 2 fully saturated rings. The van der Waals surface area contributed by atoms with Gasteiger partial charge in [0.15, 0.2) is 0 Å². The standard InChI is InChI=1S/C18H25F3N2.C2H2O4/c19-18(20,21)17-9-5-4-6-15(17)14-22-10-12-23(13-11-22)16-7-2-1-3-8-16;3-1(4)2(5)6/h4-6,9,16H,1-3,7-8,10-14H2;(H,3,4)(H,5,6). The smallest absolute Gasteiger partial charge is 0.416 e. The Hall–Kier alpha value is -2.13. The molecule has 1 aromatic rings. The molecule has 2 N–H and O–H groups in total. The van der Waals surface area contributed by atoms with Crippen molar-refractivity contribution >= 4 is 11.9 Å². The zero-order valence-corrected chi connectivity index (χ0v) is 16.2. The molecule has 1 saturated heterocycles. The molecule has 1 aromatic carbocycles.